The fraction of sp³-hybridized carbons (Fsp3) is 0.598. The maximum absolute atomic E-state index is 14.5. The van der Waals surface area contributed by atoms with E-state index in [2.05, 4.69) is 106 Å². The number of aliphatic carboxylic acids is 2. The van der Waals surface area contributed by atoms with E-state index in [4.69, 9.17) is 39.5 Å². The number of benzene rings is 2. The monoisotopic (exact) mass is 1960 g/mol. The summed E-state index contributed by atoms with van der Waals surface area (Å²) in [6.45, 7) is 17.0. The third-order valence-corrected chi connectivity index (χ3v) is 21.1. The van der Waals surface area contributed by atoms with Gasteiger partial charge in [0.05, 0.1) is 18.2 Å². The zero-order chi connectivity index (χ0) is 105. The number of carbonyl (C=O) groups excluding carboxylic acids is 19. The highest BCUT2D eigenvalue weighted by Crippen LogP contribution is 2.15. The van der Waals surface area contributed by atoms with Gasteiger partial charge in [-0.05, 0) is 164 Å². The van der Waals surface area contributed by atoms with Gasteiger partial charge in [-0.3, -0.25) is 112 Å². The molecule has 2 aromatic rings. The molecule has 2 rings (SSSR count). The molecule has 0 saturated heterocycles. The van der Waals surface area contributed by atoms with Gasteiger partial charge in [0.25, 0.3) is 0 Å². The summed E-state index contributed by atoms with van der Waals surface area (Å²) in [7, 11) is 0. The molecule has 0 aliphatic rings. The van der Waals surface area contributed by atoms with Crippen LogP contribution in [0.4, 0.5) is 0 Å². The number of carboxylic acid groups (broad SMARTS) is 2. The average molecular weight is 1970 g/mol. The largest absolute Gasteiger partial charge is 0.481 e. The van der Waals surface area contributed by atoms with Gasteiger partial charge < -0.3 is 155 Å². The van der Waals surface area contributed by atoms with Crippen LogP contribution in [0.1, 0.15) is 178 Å². The Morgan fingerprint density at radius 1 is 0.302 bits per heavy atom. The third kappa shape index (κ3) is 46.4. The molecule has 21 atom stereocenters. The Hall–Kier alpha value is -14.3. The number of aliphatic hydroxyl groups is 2. The lowest BCUT2D eigenvalue weighted by Crippen LogP contribution is -2.62. The summed E-state index contributed by atoms with van der Waals surface area (Å²) in [5, 5.41) is 105. The van der Waals surface area contributed by atoms with Gasteiger partial charge in [-0.25, -0.2) is 0 Å². The molecule has 0 aliphatic carbocycles. The Balaban J connectivity index is 2.43. The van der Waals surface area contributed by atoms with Crippen LogP contribution in [-0.4, -0.2) is 303 Å². The molecule has 0 fully saturated rings. The SMILES string of the molecule is CC(C)C[C@H](NC(=O)[C@H](CCCNC(=N)N)NC(=O)[C@H](Cc1ccccc1)NC(=O)[C@H](C)NC(=O)[C@@H](NC(=O)[C@H](C)NC(=O)[C@@H](NC(=O)[C@H](CCCCN)NC(=O)[C@H](CCC(N)=O)NC(=O)[C@H](CCC(=O)O)NC(=O)[C@H](C)NC(=O)[C@H](Cc1ccccc1)NC(=O)[C@H](CCCNC(=N)N)NC(=O)[C@H](C)NC(=O)[C@H](C)NC(=O)[C@H](C)NC(=O)[C@H](C)NC(=O)[C@H](C)N)[C@@H](C)O)[C@@H](C)O)C(=O)N[C@@H](C)C(=O)O. The number of guanidine groups is 2. The van der Waals surface area contributed by atoms with E-state index < -0.39 is 289 Å². The summed E-state index contributed by atoms with van der Waals surface area (Å²) in [4.78, 5) is 285. The Kier molecular flexibility index (Phi) is 53.6. The Morgan fingerprint density at radius 2 is 0.561 bits per heavy atom. The van der Waals surface area contributed by atoms with Gasteiger partial charge in [-0.1, -0.05) is 74.5 Å². The van der Waals surface area contributed by atoms with Crippen LogP contribution >= 0.6 is 0 Å². The van der Waals surface area contributed by atoms with Crippen molar-refractivity contribution in [3.8, 4) is 0 Å². The van der Waals surface area contributed by atoms with Gasteiger partial charge in [-0.2, -0.15) is 0 Å². The molecule has 0 unspecified atom stereocenters. The molecule has 774 valence electrons. The number of nitrogens with one attached hydrogen (secondary N) is 22. The minimum Gasteiger partial charge on any atom is -0.481 e. The summed E-state index contributed by atoms with van der Waals surface area (Å²) in [6.07, 6.45) is -6.91. The first-order valence-electron chi connectivity index (χ1n) is 45.3. The van der Waals surface area contributed by atoms with Crippen LogP contribution in [0.2, 0.25) is 0 Å². The number of unbranched alkanes of at least 4 members (excludes halogenated alkanes) is 1. The second kappa shape index (κ2) is 61.7. The molecule has 139 heavy (non-hydrogen) atoms. The summed E-state index contributed by atoms with van der Waals surface area (Å²) in [5.74, 6) is -23.0. The summed E-state index contributed by atoms with van der Waals surface area (Å²) < 4.78 is 0. The Bertz CT molecular complexity index is 4550. The van der Waals surface area contributed by atoms with Gasteiger partial charge in [0, 0.05) is 38.8 Å². The first-order valence-corrected chi connectivity index (χ1v) is 45.3. The van der Waals surface area contributed by atoms with Crippen LogP contribution in [-0.2, 0) is 114 Å². The number of carboxylic acids is 2. The highest BCUT2D eigenvalue weighted by molar-refractivity contribution is 6.02. The zero-order valence-corrected chi connectivity index (χ0v) is 80.2. The zero-order valence-electron chi connectivity index (χ0n) is 80.2. The molecule has 52 nitrogen and oxygen atoms in total. The van der Waals surface area contributed by atoms with E-state index in [0.717, 1.165) is 27.7 Å². The van der Waals surface area contributed by atoms with Crippen molar-refractivity contribution in [2.75, 3.05) is 19.6 Å². The van der Waals surface area contributed by atoms with Crippen molar-refractivity contribution in [2.45, 2.75) is 307 Å². The number of aliphatic hydroxyl groups excluding tert-OH is 2. The molecule has 2 aromatic carbocycles. The predicted molar refractivity (Wildman–Crippen MR) is 501 cm³/mol. The number of primary amides is 1. The molecule has 0 radical (unpaired) electrons. The van der Waals surface area contributed by atoms with Crippen LogP contribution in [0.5, 0.6) is 0 Å². The van der Waals surface area contributed by atoms with Crippen LogP contribution in [0, 0.1) is 16.7 Å². The molecule has 52 heteroatoms. The number of nitrogens with two attached hydrogens (primary N) is 5. The van der Waals surface area contributed by atoms with Gasteiger partial charge in [0.2, 0.25) is 112 Å². The van der Waals surface area contributed by atoms with Crippen LogP contribution in [0.15, 0.2) is 60.7 Å². The number of carbonyl (C=O) groups is 21. The quantitative estimate of drug-likeness (QED) is 0.0166. The van der Waals surface area contributed by atoms with E-state index in [-0.39, 0.29) is 89.8 Å². The van der Waals surface area contributed by atoms with Crippen molar-refractivity contribution in [1.82, 2.24) is 106 Å². The Labute approximate surface area is 803 Å². The number of hydrogen-bond donors (Lipinski definition) is 31. The molecular weight excluding hydrogens is 1820 g/mol. The predicted octanol–water partition coefficient (Wildman–Crippen LogP) is -9.62. The maximum atomic E-state index is 14.5. The van der Waals surface area contributed by atoms with Crippen LogP contribution in [0.25, 0.3) is 0 Å². The van der Waals surface area contributed by atoms with Crippen molar-refractivity contribution in [3.05, 3.63) is 71.8 Å². The van der Waals surface area contributed by atoms with Crippen molar-refractivity contribution in [3.63, 3.8) is 0 Å². The highest BCUT2D eigenvalue weighted by atomic mass is 16.4. The maximum Gasteiger partial charge on any atom is 0.325 e. The first kappa shape index (κ1) is 121. The normalized spacial score (nSPS) is 15.6. The van der Waals surface area contributed by atoms with Crippen molar-refractivity contribution in [2.24, 2.45) is 34.6 Å². The van der Waals surface area contributed by atoms with E-state index in [9.17, 15) is 121 Å². The molecule has 0 heterocycles. The molecule has 36 N–H and O–H groups in total. The van der Waals surface area contributed by atoms with Crippen LogP contribution in [0.3, 0.4) is 0 Å². The summed E-state index contributed by atoms with van der Waals surface area (Å²) in [6, 6.07) is -12.6. The van der Waals surface area contributed by atoms with E-state index in [0.29, 0.717) is 11.1 Å². The lowest BCUT2D eigenvalue weighted by atomic mass is 10.0. The molecule has 0 bridgehead atoms. The standard InChI is InChI=1S/C87H141N27O25/c1-41(2)38-60(80(133)104-50(11)85(138)139)111-76(129)57(30-23-37-96-87(93)94)108-82(135)62(40-54-26-18-15-19-27-54)110-73(126)48(9)102-83(136)65(51(12)115)113-74(127)49(10)103-84(137)66(52(13)116)114-79(132)55(28-20-21-35-88)107-77(130)58(31-33-63(90)117)109-78(131)59(32-34-64(118)119)106-72(125)47(8)101-81(134)61(39-53-24-16-14-17-25-53)112-75(128)56(29-22-36-95-86(91)92)105-71(124)46(7)100-70(123)45(6)99-69(122)44(5)98-68(121)43(4)97-67(120)42(3)89/h14-19,24-27,41-52,55-62,65-66,115-116H,20-23,28-40,88-89H2,1-13H3,(H2,90,117)(H,97,120)(H,98,121)(H,99,122)(H,100,123)(H,101,134)(H,102,136)(H,103,137)(H,104,133)(H,105,124)(H,106,125)(H,107,130)(H,108,135)(H,109,131)(H,110,126)(H,111,129)(H,112,128)(H,113,127)(H,114,132)(H,118,119)(H,138,139)(H4,91,92,95)(H4,93,94,96)/t42-,43-,44-,45-,46-,47-,48-,49-,50-,51+,52+,55-,56-,57-,58-,59-,60-,61-,62-,65-,66-/m0/s1. The minimum absolute atomic E-state index is 0.00334. The lowest BCUT2D eigenvalue weighted by molar-refractivity contribution is -0.142. The second-order valence-corrected chi connectivity index (χ2v) is 34.1. The lowest BCUT2D eigenvalue weighted by Gasteiger charge is -2.28. The first-order chi connectivity index (χ1) is 65.1. The third-order valence-electron chi connectivity index (χ3n) is 21.1. The second-order valence-electron chi connectivity index (χ2n) is 34.1. The van der Waals surface area contributed by atoms with Crippen molar-refractivity contribution < 1.29 is 121 Å². The van der Waals surface area contributed by atoms with E-state index in [1.807, 2.05) is 0 Å². The minimum atomic E-state index is -1.97. The summed E-state index contributed by atoms with van der Waals surface area (Å²) in [5.41, 5.74) is 28.7. The number of amides is 19. The van der Waals surface area contributed by atoms with Gasteiger partial charge >= 0.3 is 11.9 Å². The van der Waals surface area contributed by atoms with E-state index in [1.165, 1.54) is 48.5 Å². The fourth-order valence-corrected chi connectivity index (χ4v) is 13.0. The highest BCUT2D eigenvalue weighted by Gasteiger charge is 2.40. The van der Waals surface area contributed by atoms with Gasteiger partial charge in [-0.15, -0.1) is 0 Å². The van der Waals surface area contributed by atoms with Gasteiger partial charge in [0.1, 0.15) is 109 Å². The summed E-state index contributed by atoms with van der Waals surface area (Å²) >= 11 is 0. The molecule has 19 amide bonds. The fourth-order valence-electron chi connectivity index (χ4n) is 13.0. The van der Waals surface area contributed by atoms with E-state index >= 15 is 0 Å². The number of hydrogen-bond acceptors (Lipinski definition) is 27. The molecule has 0 spiro atoms. The molecule has 0 aromatic heterocycles. The Morgan fingerprint density at radius 3 is 0.892 bits per heavy atom. The van der Waals surface area contributed by atoms with Gasteiger partial charge in [0.15, 0.2) is 11.9 Å². The van der Waals surface area contributed by atoms with Crippen LogP contribution < -0.4 is 135 Å². The van der Waals surface area contributed by atoms with E-state index in [1.54, 1.807) is 74.5 Å². The van der Waals surface area contributed by atoms with Crippen molar-refractivity contribution in [1.29, 1.82) is 10.8 Å². The molecular formula is C87H141N27O25. The number of rotatable bonds is 63. The van der Waals surface area contributed by atoms with Crippen molar-refractivity contribution >= 4 is 136 Å². The molecule has 0 saturated carbocycles. The molecule has 0 aliphatic heterocycles. The smallest absolute Gasteiger partial charge is 0.325 e. The topological polar surface area (TPSA) is 858 Å². The average Bonchev–Trinajstić information content (AvgIpc) is 0.852.